The Morgan fingerprint density at radius 2 is 2.08 bits per heavy atom. The van der Waals surface area contributed by atoms with Crippen LogP contribution in [0.2, 0.25) is 0 Å². The molecule has 0 saturated heterocycles. The van der Waals surface area contributed by atoms with Crippen molar-refractivity contribution < 1.29 is 21.4 Å². The summed E-state index contributed by atoms with van der Waals surface area (Å²) in [5.41, 5.74) is 1.67. The van der Waals surface area contributed by atoms with Crippen LogP contribution in [0.4, 0.5) is 21.8 Å². The molecule has 1 aliphatic heterocycles. The maximum atomic E-state index is 13.5. The summed E-state index contributed by atoms with van der Waals surface area (Å²) in [7, 11) is 0. The molecule has 0 unspecified atom stereocenters. The van der Waals surface area contributed by atoms with Gasteiger partial charge < -0.3 is 24.9 Å². The highest BCUT2D eigenvalue weighted by molar-refractivity contribution is 5.83. The summed E-state index contributed by atoms with van der Waals surface area (Å²) in [6, 6.07) is 8.88. The zero-order valence-corrected chi connectivity index (χ0v) is 19.1. The molecule has 3 N–H and O–H groups in total. The van der Waals surface area contributed by atoms with Gasteiger partial charge in [-0.25, -0.2) is 14.1 Å². The number of hydrogen-bond acceptors (Lipinski definition) is 10. The minimum Gasteiger partial charge on any atom is -0.423 e. The average molecular weight is 506 g/mol. The van der Waals surface area contributed by atoms with Crippen molar-refractivity contribution in [1.82, 2.24) is 29.5 Å². The first kappa shape index (κ1) is 20.6. The summed E-state index contributed by atoms with van der Waals surface area (Å²) in [6.07, 6.45) is 2.52. The van der Waals surface area contributed by atoms with Crippen LogP contribution in [0, 0.1) is 5.82 Å². The van der Waals surface area contributed by atoms with E-state index in [0.717, 1.165) is 18.5 Å². The van der Waals surface area contributed by atoms with Crippen LogP contribution >= 0.6 is 0 Å². The molecule has 13 heteroatoms. The molecule has 2 aromatic carbocycles. The lowest BCUT2D eigenvalue weighted by Gasteiger charge is -2.19. The van der Waals surface area contributed by atoms with Gasteiger partial charge in [-0.15, -0.1) is 10.2 Å². The molecule has 37 heavy (non-hydrogen) atoms. The summed E-state index contributed by atoms with van der Waals surface area (Å²) in [5.74, 6) is -0.267. The van der Waals surface area contributed by atoms with Crippen molar-refractivity contribution in [3.63, 3.8) is 0 Å². The molecule has 0 aliphatic carbocycles. The number of nitrogens with one attached hydrogen (secondary N) is 2. The quantitative estimate of drug-likeness (QED) is 0.301. The Morgan fingerprint density at radius 3 is 2.86 bits per heavy atom. The summed E-state index contributed by atoms with van der Waals surface area (Å²) in [4.78, 5) is 21.5. The molecule has 0 spiro atoms. The van der Waals surface area contributed by atoms with Crippen LogP contribution in [0.25, 0.3) is 22.4 Å². The second-order valence-electron chi connectivity index (χ2n) is 8.18. The van der Waals surface area contributed by atoms with E-state index >= 15 is 0 Å². The molecule has 12 nitrogen and oxygen atoms in total. The van der Waals surface area contributed by atoms with E-state index in [1.54, 1.807) is 27.6 Å². The van der Waals surface area contributed by atoms with E-state index in [-0.39, 0.29) is 41.1 Å². The van der Waals surface area contributed by atoms with Gasteiger partial charge in [0.25, 0.3) is 11.4 Å². The van der Waals surface area contributed by atoms with Crippen LogP contribution in [-0.4, -0.2) is 47.8 Å². The number of aliphatic hydroxyl groups is 1. The van der Waals surface area contributed by atoms with Gasteiger partial charge in [-0.2, -0.15) is 4.98 Å². The molecule has 0 amide bonds. The Balaban J connectivity index is 1.38. The highest BCUT2D eigenvalue weighted by atomic mass is 19.1. The SMILES string of the molecule is [2H]C([2H])(O)[C@@H](Nc1nc(Nc2ccc3c(=O)n4n(c3c2)COCC4)ncc1-c1nnco1)c1ccc(F)cc1. The molecule has 0 fully saturated rings. The molecule has 0 radical (unpaired) electrons. The molecule has 0 bridgehead atoms. The molecule has 1 aliphatic rings. The maximum Gasteiger partial charge on any atom is 0.274 e. The molecular weight excluding hydrogens is 483 g/mol. The second kappa shape index (κ2) is 9.44. The third kappa shape index (κ3) is 4.30. The highest BCUT2D eigenvalue weighted by Crippen LogP contribution is 2.29. The van der Waals surface area contributed by atoms with Crippen molar-refractivity contribution in [3.05, 3.63) is 76.8 Å². The standard InChI is InChI=1S/C24H21FN8O4/c25-15-3-1-14(2-4-15)19(11-34)29-21-18(22-31-27-12-37-22)10-26-24(30-21)28-16-5-6-17-20(9-16)33-13-36-8-7-32(33)23(17)35/h1-6,9-10,12,19,34H,7-8,11,13H2,(H2,26,28,29,30)/t19-/m1/s1/i11D2. The van der Waals surface area contributed by atoms with Crippen LogP contribution in [-0.2, 0) is 18.0 Å². The van der Waals surface area contributed by atoms with Gasteiger partial charge in [-0.05, 0) is 35.9 Å². The minimum atomic E-state index is -2.77. The van der Waals surface area contributed by atoms with Crippen LogP contribution in [0.1, 0.15) is 14.3 Å². The summed E-state index contributed by atoms with van der Waals surface area (Å²) in [6.45, 7) is -1.60. The van der Waals surface area contributed by atoms with E-state index in [4.69, 9.17) is 11.9 Å². The smallest absolute Gasteiger partial charge is 0.274 e. The number of rotatable bonds is 7. The van der Waals surface area contributed by atoms with E-state index < -0.39 is 18.4 Å². The van der Waals surface area contributed by atoms with E-state index in [2.05, 4.69) is 30.8 Å². The number of halogens is 1. The first-order valence-corrected chi connectivity index (χ1v) is 11.2. The van der Waals surface area contributed by atoms with Gasteiger partial charge in [0.15, 0.2) is 0 Å². The van der Waals surface area contributed by atoms with Crippen molar-refractivity contribution >= 4 is 28.4 Å². The van der Waals surface area contributed by atoms with Gasteiger partial charge in [0.05, 0.1) is 45.0 Å². The highest BCUT2D eigenvalue weighted by Gasteiger charge is 2.20. The van der Waals surface area contributed by atoms with Gasteiger partial charge in [-0.3, -0.25) is 9.48 Å². The summed E-state index contributed by atoms with van der Waals surface area (Å²) in [5, 5.41) is 24.4. The van der Waals surface area contributed by atoms with Crippen molar-refractivity contribution in [2.24, 2.45) is 0 Å². The normalized spacial score (nSPS) is 15.1. The second-order valence-corrected chi connectivity index (χ2v) is 8.18. The topological polar surface area (TPSA) is 145 Å². The van der Waals surface area contributed by atoms with E-state index in [9.17, 15) is 14.3 Å². The molecule has 6 rings (SSSR count). The van der Waals surface area contributed by atoms with Crippen molar-refractivity contribution in [1.29, 1.82) is 0 Å². The van der Waals surface area contributed by atoms with Crippen molar-refractivity contribution in [2.75, 3.05) is 23.8 Å². The number of aromatic nitrogens is 6. The zero-order chi connectivity index (χ0) is 27.1. The van der Waals surface area contributed by atoms with Crippen LogP contribution in [0.3, 0.4) is 0 Å². The molecule has 1 atom stereocenters. The van der Waals surface area contributed by atoms with Gasteiger partial charge in [0, 0.05) is 11.9 Å². The first-order chi connectivity index (χ1) is 18.8. The number of fused-ring (bicyclic) bond motifs is 3. The minimum absolute atomic E-state index is 0.0571. The van der Waals surface area contributed by atoms with Crippen LogP contribution < -0.4 is 16.2 Å². The molecule has 188 valence electrons. The van der Waals surface area contributed by atoms with Crippen molar-refractivity contribution in [3.8, 4) is 11.5 Å². The summed E-state index contributed by atoms with van der Waals surface area (Å²) >= 11 is 0. The fourth-order valence-corrected chi connectivity index (χ4v) is 4.16. The Bertz CT molecular complexity index is 1700. The average Bonchev–Trinajstić information content (AvgIpc) is 3.55. The first-order valence-electron chi connectivity index (χ1n) is 12.2. The lowest BCUT2D eigenvalue weighted by Crippen LogP contribution is -2.30. The number of anilines is 3. The molecule has 5 aromatic rings. The number of hydrogen-bond donors (Lipinski definition) is 3. The molecule has 4 heterocycles. The lowest BCUT2D eigenvalue weighted by atomic mass is 10.1. The largest absolute Gasteiger partial charge is 0.423 e. The van der Waals surface area contributed by atoms with E-state index in [1.807, 2.05) is 0 Å². The van der Waals surface area contributed by atoms with E-state index in [1.165, 1.54) is 18.3 Å². The predicted octanol–water partition coefficient (Wildman–Crippen LogP) is 2.66. The van der Waals surface area contributed by atoms with Crippen LogP contribution in [0.5, 0.6) is 0 Å². The monoisotopic (exact) mass is 506 g/mol. The molecule has 0 saturated carbocycles. The van der Waals surface area contributed by atoms with Gasteiger partial charge in [0.1, 0.15) is 18.4 Å². The van der Waals surface area contributed by atoms with Gasteiger partial charge in [-0.1, -0.05) is 12.1 Å². The van der Waals surface area contributed by atoms with Crippen molar-refractivity contribution in [2.45, 2.75) is 19.3 Å². The third-order valence-electron chi connectivity index (χ3n) is 5.94. The molecular formula is C24H21FN8O4. The fraction of sp³-hybridized carbons (Fsp3) is 0.208. The predicted molar refractivity (Wildman–Crippen MR) is 131 cm³/mol. The van der Waals surface area contributed by atoms with Gasteiger partial charge in [0.2, 0.25) is 12.3 Å². The maximum absolute atomic E-state index is 13.5. The third-order valence-corrected chi connectivity index (χ3v) is 5.94. The van der Waals surface area contributed by atoms with Gasteiger partial charge >= 0.3 is 0 Å². The zero-order valence-electron chi connectivity index (χ0n) is 21.1. The summed E-state index contributed by atoms with van der Waals surface area (Å²) < 4.78 is 43.7. The molecule has 3 aromatic heterocycles. The number of nitrogens with zero attached hydrogens (tertiary/aromatic N) is 6. The number of ether oxygens (including phenoxy) is 1. The van der Waals surface area contributed by atoms with E-state index in [0.29, 0.717) is 29.7 Å². The Hall–Kier alpha value is -4.62. The Kier molecular flexibility index (Phi) is 5.25. The Labute approximate surface area is 211 Å². The van der Waals surface area contributed by atoms with Crippen LogP contribution in [0.15, 0.2) is 64.3 Å². The Morgan fingerprint density at radius 1 is 1.22 bits per heavy atom. The lowest BCUT2D eigenvalue weighted by molar-refractivity contribution is 0.0179. The number of benzene rings is 2. The fourth-order valence-electron chi connectivity index (χ4n) is 4.16.